The van der Waals surface area contributed by atoms with Crippen LogP contribution in [-0.4, -0.2) is 0 Å². The van der Waals surface area contributed by atoms with Crippen LogP contribution in [0.3, 0.4) is 0 Å². The Bertz CT molecular complexity index is 751. The van der Waals surface area contributed by atoms with Gasteiger partial charge in [0.2, 0.25) is 0 Å². The number of hydrogen-bond donors (Lipinski definition) is 0. The summed E-state index contributed by atoms with van der Waals surface area (Å²) in [6, 6.07) is 19.7. The maximum atomic E-state index is 14.4. The first-order chi connectivity index (χ1) is 9.66. The predicted octanol–water partition coefficient (Wildman–Crippen LogP) is 5.77. The molecule has 0 saturated heterocycles. The fourth-order valence-corrected chi connectivity index (χ4v) is 2.57. The highest BCUT2D eigenvalue weighted by atomic mass is 19.1. The Balaban J connectivity index is 2.21. The number of hydrogen-bond acceptors (Lipinski definition) is 0. The van der Waals surface area contributed by atoms with Crippen LogP contribution in [0.4, 0.5) is 4.39 Å². The van der Waals surface area contributed by atoms with Crippen LogP contribution < -0.4 is 0 Å². The van der Waals surface area contributed by atoms with Crippen molar-refractivity contribution in [1.82, 2.24) is 0 Å². The van der Waals surface area contributed by atoms with E-state index >= 15 is 0 Å². The third-order valence-electron chi connectivity index (χ3n) is 3.74. The van der Waals surface area contributed by atoms with Crippen LogP contribution in [0.25, 0.3) is 21.9 Å². The third kappa shape index (κ3) is 2.20. The zero-order chi connectivity index (χ0) is 14.1. The molecule has 0 radical (unpaired) electrons. The molecule has 3 aromatic rings. The van der Waals surface area contributed by atoms with E-state index in [1.165, 1.54) is 0 Å². The van der Waals surface area contributed by atoms with E-state index in [-0.39, 0.29) is 5.82 Å². The van der Waals surface area contributed by atoms with Crippen LogP contribution in [0.1, 0.15) is 25.3 Å². The molecule has 0 bridgehead atoms. The lowest BCUT2D eigenvalue weighted by atomic mass is 9.95. The van der Waals surface area contributed by atoms with Crippen LogP contribution in [-0.2, 0) is 0 Å². The SMILES string of the molecule is CC(C)c1ccc(-c2cccc3ccccc23)c(F)c1. The van der Waals surface area contributed by atoms with Crippen molar-refractivity contribution in [3.63, 3.8) is 0 Å². The molecular formula is C19H17F. The normalized spacial score (nSPS) is 11.2. The predicted molar refractivity (Wildman–Crippen MR) is 83.4 cm³/mol. The van der Waals surface area contributed by atoms with Crippen LogP contribution in [0.2, 0.25) is 0 Å². The van der Waals surface area contributed by atoms with E-state index in [9.17, 15) is 4.39 Å². The molecule has 0 nitrogen and oxygen atoms in total. The number of halogens is 1. The van der Waals surface area contributed by atoms with Gasteiger partial charge in [0.25, 0.3) is 0 Å². The van der Waals surface area contributed by atoms with Crippen molar-refractivity contribution in [2.75, 3.05) is 0 Å². The minimum Gasteiger partial charge on any atom is -0.206 e. The van der Waals surface area contributed by atoms with Crippen molar-refractivity contribution in [1.29, 1.82) is 0 Å². The quantitative estimate of drug-likeness (QED) is 0.551. The summed E-state index contributed by atoms with van der Waals surface area (Å²) in [5.74, 6) is 0.193. The van der Waals surface area contributed by atoms with Gasteiger partial charge in [-0.25, -0.2) is 4.39 Å². The molecule has 0 spiro atoms. The van der Waals surface area contributed by atoms with E-state index < -0.39 is 0 Å². The molecule has 100 valence electrons. The number of fused-ring (bicyclic) bond motifs is 1. The van der Waals surface area contributed by atoms with Gasteiger partial charge in [0, 0.05) is 5.56 Å². The molecule has 3 aromatic carbocycles. The largest absolute Gasteiger partial charge is 0.206 e. The number of rotatable bonds is 2. The van der Waals surface area contributed by atoms with E-state index in [4.69, 9.17) is 0 Å². The highest BCUT2D eigenvalue weighted by molar-refractivity contribution is 5.96. The minimum absolute atomic E-state index is 0.146. The molecule has 0 aromatic heterocycles. The maximum absolute atomic E-state index is 14.4. The van der Waals surface area contributed by atoms with Gasteiger partial charge in [-0.2, -0.15) is 0 Å². The molecule has 0 heterocycles. The van der Waals surface area contributed by atoms with Gasteiger partial charge in [-0.15, -0.1) is 0 Å². The van der Waals surface area contributed by atoms with Crippen molar-refractivity contribution < 1.29 is 4.39 Å². The molecule has 1 heteroatoms. The van der Waals surface area contributed by atoms with Gasteiger partial charge < -0.3 is 0 Å². The van der Waals surface area contributed by atoms with E-state index in [1.54, 1.807) is 6.07 Å². The first-order valence-corrected chi connectivity index (χ1v) is 6.94. The summed E-state index contributed by atoms with van der Waals surface area (Å²) >= 11 is 0. The fraction of sp³-hybridized carbons (Fsp3) is 0.158. The summed E-state index contributed by atoms with van der Waals surface area (Å²) in [4.78, 5) is 0. The Hall–Kier alpha value is -2.15. The summed E-state index contributed by atoms with van der Waals surface area (Å²) in [6.07, 6.45) is 0. The monoisotopic (exact) mass is 264 g/mol. The molecule has 0 N–H and O–H groups in total. The lowest BCUT2D eigenvalue weighted by Crippen LogP contribution is -1.92. The molecule has 0 amide bonds. The standard InChI is InChI=1S/C19H17F/c1-13(2)15-10-11-18(19(20)12-15)17-9-5-7-14-6-3-4-8-16(14)17/h3-13H,1-2H3. The molecule has 0 fully saturated rings. The summed E-state index contributed by atoms with van der Waals surface area (Å²) in [5.41, 5.74) is 2.66. The molecule has 0 aliphatic rings. The third-order valence-corrected chi connectivity index (χ3v) is 3.74. The summed E-state index contributed by atoms with van der Waals surface area (Å²) in [6.45, 7) is 4.15. The molecule has 0 unspecified atom stereocenters. The van der Waals surface area contributed by atoms with Crippen LogP contribution in [0.15, 0.2) is 60.7 Å². The van der Waals surface area contributed by atoms with Crippen LogP contribution in [0.5, 0.6) is 0 Å². The van der Waals surface area contributed by atoms with Crippen molar-refractivity contribution in [3.05, 3.63) is 72.0 Å². The Morgan fingerprint density at radius 2 is 1.55 bits per heavy atom. The molecule has 0 aliphatic heterocycles. The molecular weight excluding hydrogens is 247 g/mol. The van der Waals surface area contributed by atoms with E-state index in [1.807, 2.05) is 42.5 Å². The number of benzene rings is 3. The second-order valence-electron chi connectivity index (χ2n) is 5.42. The minimum atomic E-state index is -0.146. The average Bonchev–Trinajstić information content (AvgIpc) is 2.46. The van der Waals surface area contributed by atoms with Crippen molar-refractivity contribution in [3.8, 4) is 11.1 Å². The topological polar surface area (TPSA) is 0 Å². The van der Waals surface area contributed by atoms with Crippen LogP contribution >= 0.6 is 0 Å². The van der Waals surface area contributed by atoms with Gasteiger partial charge in [-0.3, -0.25) is 0 Å². The van der Waals surface area contributed by atoms with Gasteiger partial charge in [0.1, 0.15) is 5.82 Å². The van der Waals surface area contributed by atoms with Gasteiger partial charge in [0.05, 0.1) is 0 Å². The van der Waals surface area contributed by atoms with Crippen molar-refractivity contribution in [2.24, 2.45) is 0 Å². The Morgan fingerprint density at radius 3 is 2.30 bits per heavy atom. The molecule has 0 atom stereocenters. The second kappa shape index (κ2) is 5.09. The van der Waals surface area contributed by atoms with Gasteiger partial charge in [-0.05, 0) is 33.9 Å². The maximum Gasteiger partial charge on any atom is 0.131 e. The fourth-order valence-electron chi connectivity index (χ4n) is 2.57. The average molecular weight is 264 g/mol. The van der Waals surface area contributed by atoms with E-state index in [0.29, 0.717) is 11.5 Å². The summed E-state index contributed by atoms with van der Waals surface area (Å²) < 4.78 is 14.4. The lowest BCUT2D eigenvalue weighted by Gasteiger charge is -2.11. The van der Waals surface area contributed by atoms with E-state index in [2.05, 4.69) is 26.0 Å². The molecule has 0 aliphatic carbocycles. The Labute approximate surface area is 118 Å². The Kier molecular flexibility index (Phi) is 3.27. The van der Waals surface area contributed by atoms with Gasteiger partial charge in [-0.1, -0.05) is 68.4 Å². The summed E-state index contributed by atoms with van der Waals surface area (Å²) in [5, 5.41) is 2.23. The van der Waals surface area contributed by atoms with Crippen molar-refractivity contribution >= 4 is 10.8 Å². The smallest absolute Gasteiger partial charge is 0.131 e. The zero-order valence-corrected chi connectivity index (χ0v) is 11.7. The second-order valence-corrected chi connectivity index (χ2v) is 5.42. The van der Waals surface area contributed by atoms with Crippen LogP contribution in [0, 0.1) is 5.82 Å². The highest BCUT2D eigenvalue weighted by Gasteiger charge is 2.10. The highest BCUT2D eigenvalue weighted by Crippen LogP contribution is 2.31. The molecule has 3 rings (SSSR count). The molecule has 0 saturated carbocycles. The van der Waals surface area contributed by atoms with Gasteiger partial charge in [0.15, 0.2) is 0 Å². The Morgan fingerprint density at radius 1 is 0.800 bits per heavy atom. The summed E-state index contributed by atoms with van der Waals surface area (Å²) in [7, 11) is 0. The first kappa shape index (κ1) is 12.9. The molecule has 20 heavy (non-hydrogen) atoms. The van der Waals surface area contributed by atoms with Gasteiger partial charge >= 0.3 is 0 Å². The lowest BCUT2D eigenvalue weighted by molar-refractivity contribution is 0.627. The zero-order valence-electron chi connectivity index (χ0n) is 11.7. The first-order valence-electron chi connectivity index (χ1n) is 6.94. The van der Waals surface area contributed by atoms with E-state index in [0.717, 1.165) is 21.9 Å². The van der Waals surface area contributed by atoms with Crippen molar-refractivity contribution in [2.45, 2.75) is 19.8 Å².